The highest BCUT2D eigenvalue weighted by molar-refractivity contribution is 6.17. The second-order valence-electron chi connectivity index (χ2n) is 5.09. The Morgan fingerprint density at radius 3 is 2.65 bits per heavy atom. The number of rotatable bonds is 7. The fourth-order valence-corrected chi connectivity index (χ4v) is 2.81. The summed E-state index contributed by atoms with van der Waals surface area (Å²) in [6.45, 7) is 10.8. The van der Waals surface area contributed by atoms with Gasteiger partial charge in [-0.1, -0.05) is 26.0 Å². The molecule has 0 spiro atoms. The number of fused-ring (bicyclic) bond motifs is 1. The van der Waals surface area contributed by atoms with Gasteiger partial charge in [0.2, 0.25) is 0 Å². The molecule has 0 aliphatic heterocycles. The molecule has 2 aromatic rings. The van der Waals surface area contributed by atoms with E-state index in [0.717, 1.165) is 43.9 Å². The fraction of sp³-hybridized carbons (Fsp3) is 0.562. The van der Waals surface area contributed by atoms with Crippen LogP contribution in [0.15, 0.2) is 18.2 Å². The van der Waals surface area contributed by atoms with Gasteiger partial charge >= 0.3 is 0 Å². The molecule has 0 saturated heterocycles. The number of para-hydroxylation sites is 1. The minimum atomic E-state index is 0.619. The molecular weight excluding hydrogens is 270 g/mol. The predicted octanol–water partition coefficient (Wildman–Crippen LogP) is 3.47. The molecule has 2 rings (SSSR count). The largest absolute Gasteiger partial charge is 0.327 e. The minimum Gasteiger partial charge on any atom is -0.327 e. The van der Waals surface area contributed by atoms with Crippen molar-refractivity contribution >= 4 is 22.6 Å². The van der Waals surface area contributed by atoms with Crippen molar-refractivity contribution in [3.63, 3.8) is 0 Å². The second kappa shape index (κ2) is 7.09. The van der Waals surface area contributed by atoms with Crippen LogP contribution in [0, 0.1) is 6.92 Å². The van der Waals surface area contributed by atoms with Crippen molar-refractivity contribution < 1.29 is 0 Å². The van der Waals surface area contributed by atoms with Crippen LogP contribution in [0.3, 0.4) is 0 Å². The molecule has 0 radical (unpaired) electrons. The molecule has 0 fully saturated rings. The van der Waals surface area contributed by atoms with Gasteiger partial charge in [-0.3, -0.25) is 0 Å². The van der Waals surface area contributed by atoms with Crippen molar-refractivity contribution in [2.24, 2.45) is 0 Å². The lowest BCUT2D eigenvalue weighted by Gasteiger charge is -2.19. The monoisotopic (exact) mass is 293 g/mol. The van der Waals surface area contributed by atoms with Crippen molar-refractivity contribution in [1.82, 2.24) is 14.5 Å². The summed E-state index contributed by atoms with van der Waals surface area (Å²) in [6, 6.07) is 6.39. The third-order valence-corrected chi connectivity index (χ3v) is 4.10. The SMILES string of the molecule is CCN(CC)CCn1c(CCCl)nc2c(C)cccc21. The second-order valence-corrected chi connectivity index (χ2v) is 5.47. The number of hydrogen-bond donors (Lipinski definition) is 0. The maximum Gasteiger partial charge on any atom is 0.111 e. The predicted molar refractivity (Wildman–Crippen MR) is 86.7 cm³/mol. The fourth-order valence-electron chi connectivity index (χ4n) is 2.64. The maximum absolute atomic E-state index is 5.93. The van der Waals surface area contributed by atoms with Gasteiger partial charge in [0.1, 0.15) is 5.82 Å². The first-order valence-electron chi connectivity index (χ1n) is 7.44. The van der Waals surface area contributed by atoms with Crippen LogP contribution < -0.4 is 0 Å². The lowest BCUT2D eigenvalue weighted by molar-refractivity contribution is 0.290. The Morgan fingerprint density at radius 2 is 2.00 bits per heavy atom. The molecule has 110 valence electrons. The minimum absolute atomic E-state index is 0.619. The third kappa shape index (κ3) is 3.15. The molecule has 20 heavy (non-hydrogen) atoms. The molecule has 1 heterocycles. The number of halogens is 1. The van der Waals surface area contributed by atoms with E-state index in [2.05, 4.69) is 48.4 Å². The number of aromatic nitrogens is 2. The van der Waals surface area contributed by atoms with E-state index in [-0.39, 0.29) is 0 Å². The van der Waals surface area contributed by atoms with E-state index >= 15 is 0 Å². The van der Waals surface area contributed by atoms with Crippen LogP contribution in [-0.4, -0.2) is 40.0 Å². The summed E-state index contributed by atoms with van der Waals surface area (Å²) in [5, 5.41) is 0. The summed E-state index contributed by atoms with van der Waals surface area (Å²) in [4.78, 5) is 7.23. The van der Waals surface area contributed by atoms with Gasteiger partial charge in [0.15, 0.2) is 0 Å². The molecular formula is C16H24ClN3. The number of nitrogens with zero attached hydrogens (tertiary/aromatic N) is 3. The van der Waals surface area contributed by atoms with Crippen LogP contribution in [-0.2, 0) is 13.0 Å². The van der Waals surface area contributed by atoms with Crippen molar-refractivity contribution in [3.8, 4) is 0 Å². The molecule has 0 aliphatic carbocycles. The van der Waals surface area contributed by atoms with Crippen LogP contribution in [0.2, 0.25) is 0 Å². The maximum atomic E-state index is 5.93. The lowest BCUT2D eigenvalue weighted by Crippen LogP contribution is -2.27. The zero-order valence-electron chi connectivity index (χ0n) is 12.7. The van der Waals surface area contributed by atoms with E-state index < -0.39 is 0 Å². The summed E-state index contributed by atoms with van der Waals surface area (Å²) < 4.78 is 2.34. The average molecular weight is 294 g/mol. The van der Waals surface area contributed by atoms with Gasteiger partial charge in [0, 0.05) is 25.4 Å². The van der Waals surface area contributed by atoms with Crippen LogP contribution in [0.25, 0.3) is 11.0 Å². The first-order valence-corrected chi connectivity index (χ1v) is 7.97. The van der Waals surface area contributed by atoms with Crippen molar-refractivity contribution in [2.45, 2.75) is 33.7 Å². The molecule has 0 N–H and O–H groups in total. The van der Waals surface area contributed by atoms with Crippen LogP contribution in [0.1, 0.15) is 25.2 Å². The normalized spacial score (nSPS) is 11.7. The molecule has 0 aliphatic rings. The number of benzene rings is 1. The summed E-state index contributed by atoms with van der Waals surface area (Å²) in [5.41, 5.74) is 3.59. The first-order chi connectivity index (χ1) is 9.71. The molecule has 0 atom stereocenters. The van der Waals surface area contributed by atoms with Gasteiger partial charge in [-0.2, -0.15) is 0 Å². The quantitative estimate of drug-likeness (QED) is 0.729. The van der Waals surface area contributed by atoms with Crippen molar-refractivity contribution in [3.05, 3.63) is 29.6 Å². The van der Waals surface area contributed by atoms with E-state index in [0.29, 0.717) is 5.88 Å². The Bertz CT molecular complexity index is 558. The van der Waals surface area contributed by atoms with Gasteiger partial charge in [-0.05, 0) is 31.6 Å². The number of alkyl halides is 1. The van der Waals surface area contributed by atoms with E-state index in [1.165, 1.54) is 11.1 Å². The highest BCUT2D eigenvalue weighted by Crippen LogP contribution is 2.20. The number of imidazole rings is 1. The zero-order valence-corrected chi connectivity index (χ0v) is 13.5. The van der Waals surface area contributed by atoms with Gasteiger partial charge in [0.25, 0.3) is 0 Å². The summed E-state index contributed by atoms with van der Waals surface area (Å²) >= 11 is 5.93. The Labute approximate surface area is 126 Å². The van der Waals surface area contributed by atoms with Gasteiger partial charge in [-0.15, -0.1) is 11.6 Å². The molecule has 3 nitrogen and oxygen atoms in total. The summed E-state index contributed by atoms with van der Waals surface area (Å²) in [5.74, 6) is 1.73. The molecule has 1 aromatic carbocycles. The average Bonchev–Trinajstić information content (AvgIpc) is 2.80. The molecule has 0 amide bonds. The molecule has 1 aromatic heterocycles. The van der Waals surface area contributed by atoms with Crippen molar-refractivity contribution in [1.29, 1.82) is 0 Å². The number of likely N-dealkylation sites (N-methyl/N-ethyl adjacent to an activating group) is 1. The summed E-state index contributed by atoms with van der Waals surface area (Å²) in [6.07, 6.45) is 0.827. The standard InChI is InChI=1S/C16H24ClN3/c1-4-19(5-2)11-12-20-14-8-6-7-13(3)16(14)18-15(20)9-10-17/h6-8H,4-5,9-12H2,1-3H3. The number of aryl methyl sites for hydroxylation is 2. The van der Waals surface area contributed by atoms with Gasteiger partial charge in [-0.25, -0.2) is 4.98 Å². The molecule has 0 bridgehead atoms. The van der Waals surface area contributed by atoms with Crippen molar-refractivity contribution in [2.75, 3.05) is 25.5 Å². The lowest BCUT2D eigenvalue weighted by atomic mass is 10.2. The summed E-state index contributed by atoms with van der Waals surface area (Å²) in [7, 11) is 0. The smallest absolute Gasteiger partial charge is 0.111 e. The first kappa shape index (κ1) is 15.3. The zero-order chi connectivity index (χ0) is 14.5. The van der Waals surface area contributed by atoms with E-state index in [9.17, 15) is 0 Å². The number of hydrogen-bond acceptors (Lipinski definition) is 2. The van der Waals surface area contributed by atoms with Gasteiger partial charge < -0.3 is 9.47 Å². The molecule has 4 heteroatoms. The van der Waals surface area contributed by atoms with Crippen LogP contribution in [0.4, 0.5) is 0 Å². The highest BCUT2D eigenvalue weighted by atomic mass is 35.5. The topological polar surface area (TPSA) is 21.1 Å². The van der Waals surface area contributed by atoms with E-state index in [4.69, 9.17) is 16.6 Å². The van der Waals surface area contributed by atoms with E-state index in [1.54, 1.807) is 0 Å². The van der Waals surface area contributed by atoms with E-state index in [1.807, 2.05) is 0 Å². The Hall–Kier alpha value is -1.06. The Morgan fingerprint density at radius 1 is 1.25 bits per heavy atom. The molecule has 0 saturated carbocycles. The highest BCUT2D eigenvalue weighted by Gasteiger charge is 2.12. The molecule has 0 unspecified atom stereocenters. The van der Waals surface area contributed by atoms with Crippen LogP contribution in [0.5, 0.6) is 0 Å². The van der Waals surface area contributed by atoms with Crippen LogP contribution >= 0.6 is 11.6 Å². The third-order valence-electron chi connectivity index (χ3n) is 3.91. The Kier molecular flexibility index (Phi) is 5.44. The van der Waals surface area contributed by atoms with Gasteiger partial charge in [0.05, 0.1) is 11.0 Å². The Balaban J connectivity index is 2.33.